The summed E-state index contributed by atoms with van der Waals surface area (Å²) in [5.74, 6) is 9.40. The lowest BCUT2D eigenvalue weighted by atomic mass is 9.81. The summed E-state index contributed by atoms with van der Waals surface area (Å²) in [6.07, 6.45) is 4.34. The molecule has 0 saturated heterocycles. The molecule has 4 nitrogen and oxygen atoms in total. The fraction of sp³-hybridized carbons (Fsp3) is 0.333. The van der Waals surface area contributed by atoms with Crippen molar-refractivity contribution in [3.63, 3.8) is 0 Å². The number of Topliss-reactive ketones (excluding diaryl/α,β-unsaturated/α-hetero) is 1. The van der Waals surface area contributed by atoms with E-state index in [9.17, 15) is 14.7 Å². The fourth-order valence-corrected chi connectivity index (χ4v) is 1.93. The average Bonchev–Trinajstić information content (AvgIpc) is 2.34. The summed E-state index contributed by atoms with van der Waals surface area (Å²) in [5, 5.41) is 10.3. The van der Waals surface area contributed by atoms with Gasteiger partial charge in [0.25, 0.3) is 0 Å². The second-order valence-electron chi connectivity index (χ2n) is 4.27. The summed E-state index contributed by atoms with van der Waals surface area (Å²) in [5.41, 5.74) is -1.52. The molecule has 2 aliphatic rings. The highest BCUT2D eigenvalue weighted by atomic mass is 16.5. The van der Waals surface area contributed by atoms with Crippen LogP contribution in [0.1, 0.15) is 19.8 Å². The van der Waals surface area contributed by atoms with Crippen molar-refractivity contribution in [2.24, 2.45) is 0 Å². The second kappa shape index (κ2) is 5.14. The van der Waals surface area contributed by atoms with Gasteiger partial charge < -0.3 is 9.84 Å². The molecule has 2 aliphatic carbocycles. The molecule has 0 amide bonds. The first kappa shape index (κ1) is 13.1. The van der Waals surface area contributed by atoms with Gasteiger partial charge in [-0.15, -0.1) is 0 Å². The number of aliphatic hydroxyl groups is 1. The molecule has 2 atom stereocenters. The first-order valence-electron chi connectivity index (χ1n) is 5.86. The monoisotopic (exact) mass is 256 g/mol. The molecule has 0 radical (unpaired) electrons. The van der Waals surface area contributed by atoms with Gasteiger partial charge in [-0.1, -0.05) is 23.8 Å². The predicted octanol–water partition coefficient (Wildman–Crippen LogP) is 0.515. The van der Waals surface area contributed by atoms with Gasteiger partial charge in [0.05, 0.1) is 0 Å². The van der Waals surface area contributed by atoms with Crippen molar-refractivity contribution in [1.82, 2.24) is 0 Å². The van der Waals surface area contributed by atoms with Gasteiger partial charge in [0.15, 0.2) is 11.7 Å². The highest BCUT2D eigenvalue weighted by Crippen LogP contribution is 2.27. The van der Waals surface area contributed by atoms with Crippen molar-refractivity contribution in [3.05, 3.63) is 23.8 Å². The van der Waals surface area contributed by atoms with Crippen LogP contribution in [-0.2, 0) is 14.3 Å². The van der Waals surface area contributed by atoms with E-state index < -0.39 is 23.5 Å². The van der Waals surface area contributed by atoms with Crippen LogP contribution < -0.4 is 0 Å². The van der Waals surface area contributed by atoms with Crippen LogP contribution in [0.25, 0.3) is 0 Å². The lowest BCUT2D eigenvalue weighted by Crippen LogP contribution is -2.43. The highest BCUT2D eigenvalue weighted by Gasteiger charge is 2.41. The van der Waals surface area contributed by atoms with Crippen LogP contribution in [0.4, 0.5) is 0 Å². The van der Waals surface area contributed by atoms with Crippen molar-refractivity contribution in [3.8, 4) is 23.7 Å². The number of allylic oxidation sites excluding steroid dienone is 3. The topological polar surface area (TPSA) is 63.6 Å². The third-order valence-corrected chi connectivity index (χ3v) is 2.82. The van der Waals surface area contributed by atoms with Crippen LogP contribution in [0, 0.1) is 23.7 Å². The Balaban J connectivity index is 2.48. The Kier molecular flexibility index (Phi) is 3.55. The fourth-order valence-electron chi connectivity index (χ4n) is 1.93. The van der Waals surface area contributed by atoms with Gasteiger partial charge in [-0.3, -0.25) is 9.59 Å². The molecule has 0 saturated carbocycles. The molecule has 96 valence electrons. The number of hydrogen-bond acceptors (Lipinski definition) is 4. The molecule has 0 spiro atoms. The van der Waals surface area contributed by atoms with E-state index in [4.69, 9.17) is 4.74 Å². The summed E-state index contributed by atoms with van der Waals surface area (Å²) in [4.78, 5) is 23.3. The largest absolute Gasteiger partial charge is 0.444 e. The molecule has 4 heteroatoms. The summed E-state index contributed by atoms with van der Waals surface area (Å²) in [6, 6.07) is 0. The van der Waals surface area contributed by atoms with E-state index in [0.29, 0.717) is 6.42 Å². The quantitative estimate of drug-likeness (QED) is 0.548. The van der Waals surface area contributed by atoms with Gasteiger partial charge >= 0.3 is 5.97 Å². The van der Waals surface area contributed by atoms with E-state index in [1.54, 1.807) is 6.08 Å². The Bertz CT molecular complexity index is 604. The molecule has 0 aromatic carbocycles. The molecular weight excluding hydrogens is 244 g/mol. The zero-order chi connectivity index (χ0) is 13.9. The van der Waals surface area contributed by atoms with E-state index in [1.807, 2.05) is 0 Å². The molecule has 2 unspecified atom stereocenters. The summed E-state index contributed by atoms with van der Waals surface area (Å²) >= 11 is 0. The van der Waals surface area contributed by atoms with Crippen LogP contribution in [0.3, 0.4) is 0 Å². The third kappa shape index (κ3) is 2.76. The zero-order valence-corrected chi connectivity index (χ0v) is 10.4. The minimum atomic E-state index is -1.72. The second-order valence-corrected chi connectivity index (χ2v) is 4.27. The summed E-state index contributed by atoms with van der Waals surface area (Å²) < 4.78 is 5.03. The van der Waals surface area contributed by atoms with Crippen LogP contribution in [0.2, 0.25) is 0 Å². The van der Waals surface area contributed by atoms with E-state index >= 15 is 0 Å². The maximum atomic E-state index is 12.3. The average molecular weight is 256 g/mol. The van der Waals surface area contributed by atoms with Gasteiger partial charge in [-0.05, 0) is 30.9 Å². The van der Waals surface area contributed by atoms with Crippen molar-refractivity contribution < 1.29 is 19.4 Å². The first-order valence-corrected chi connectivity index (χ1v) is 5.86. The van der Waals surface area contributed by atoms with Crippen molar-refractivity contribution in [2.75, 3.05) is 0 Å². The van der Waals surface area contributed by atoms with Gasteiger partial charge in [-0.25, -0.2) is 0 Å². The lowest BCUT2D eigenvalue weighted by molar-refractivity contribution is -0.143. The Hall–Kier alpha value is -2.30. The SMILES string of the molecule is CC(=O)OC1C#CC=CC#CC2(O)CCC=C1C2=O. The number of ketones is 1. The molecular formula is C15H12O4. The summed E-state index contributed by atoms with van der Waals surface area (Å²) in [6.45, 7) is 1.25. The van der Waals surface area contributed by atoms with E-state index in [2.05, 4.69) is 23.7 Å². The maximum Gasteiger partial charge on any atom is 0.304 e. The van der Waals surface area contributed by atoms with Gasteiger partial charge in [0.1, 0.15) is 0 Å². The number of carbonyl (C=O) groups is 2. The molecule has 2 rings (SSSR count). The third-order valence-electron chi connectivity index (χ3n) is 2.82. The normalized spacial score (nSPS) is 28.2. The van der Waals surface area contributed by atoms with Crippen LogP contribution in [-0.4, -0.2) is 28.6 Å². The maximum absolute atomic E-state index is 12.3. The number of ether oxygens (including phenoxy) is 1. The minimum Gasteiger partial charge on any atom is -0.444 e. The molecule has 19 heavy (non-hydrogen) atoms. The molecule has 0 fully saturated rings. The number of esters is 1. The zero-order valence-electron chi connectivity index (χ0n) is 10.4. The Labute approximate surface area is 111 Å². The van der Waals surface area contributed by atoms with Crippen LogP contribution in [0.5, 0.6) is 0 Å². The predicted molar refractivity (Wildman–Crippen MR) is 67.5 cm³/mol. The molecule has 0 aromatic rings. The van der Waals surface area contributed by atoms with E-state index in [0.717, 1.165) is 0 Å². The van der Waals surface area contributed by atoms with Gasteiger partial charge in [-0.2, -0.15) is 0 Å². The standard InChI is InChI=1S/C15H12O4/c1-11(16)19-13-8-4-2-3-5-9-15(18)10-6-7-12(13)14(15)17/h2-3,7,13,18H,6,10H2,1H3. The number of carbonyl (C=O) groups excluding carboxylic acids is 2. The Morgan fingerprint density at radius 2 is 2.21 bits per heavy atom. The van der Waals surface area contributed by atoms with Crippen molar-refractivity contribution in [2.45, 2.75) is 31.5 Å². The molecule has 1 N–H and O–H groups in total. The van der Waals surface area contributed by atoms with E-state index in [-0.39, 0.29) is 12.0 Å². The highest BCUT2D eigenvalue weighted by molar-refractivity contribution is 6.06. The first-order chi connectivity index (χ1) is 9.03. The minimum absolute atomic E-state index is 0.195. The Morgan fingerprint density at radius 3 is 2.95 bits per heavy atom. The molecule has 0 aromatic heterocycles. The molecule has 0 heterocycles. The summed E-state index contributed by atoms with van der Waals surface area (Å²) in [7, 11) is 0. The lowest BCUT2D eigenvalue weighted by Gasteiger charge is -2.27. The Morgan fingerprint density at radius 1 is 1.47 bits per heavy atom. The van der Waals surface area contributed by atoms with Crippen molar-refractivity contribution in [1.29, 1.82) is 0 Å². The number of hydrogen-bond donors (Lipinski definition) is 1. The van der Waals surface area contributed by atoms with Gasteiger partial charge in [0.2, 0.25) is 5.78 Å². The number of fused-ring (bicyclic) bond motifs is 2. The smallest absolute Gasteiger partial charge is 0.304 e. The van der Waals surface area contributed by atoms with E-state index in [1.165, 1.54) is 19.1 Å². The van der Waals surface area contributed by atoms with Crippen LogP contribution in [0.15, 0.2) is 23.8 Å². The molecule has 2 bridgehead atoms. The van der Waals surface area contributed by atoms with Crippen LogP contribution >= 0.6 is 0 Å². The van der Waals surface area contributed by atoms with Gasteiger partial charge in [0, 0.05) is 12.5 Å². The van der Waals surface area contributed by atoms with Crippen molar-refractivity contribution >= 4 is 11.8 Å². The molecule has 0 aliphatic heterocycles. The number of rotatable bonds is 1.